The van der Waals surface area contributed by atoms with Crippen LogP contribution in [-0.2, 0) is 16.1 Å². The highest BCUT2D eigenvalue weighted by molar-refractivity contribution is 5.54. The first kappa shape index (κ1) is 20.0. The lowest BCUT2D eigenvalue weighted by atomic mass is 9.95. The number of benzene rings is 1. The zero-order valence-corrected chi connectivity index (χ0v) is 16.1. The molecule has 0 aliphatic heterocycles. The van der Waals surface area contributed by atoms with Crippen LogP contribution in [0.2, 0.25) is 0 Å². The summed E-state index contributed by atoms with van der Waals surface area (Å²) in [6, 6.07) is 8.09. The molecule has 6 heteroatoms. The summed E-state index contributed by atoms with van der Waals surface area (Å²) in [5.41, 5.74) is 2.96. The number of hydrogen-bond acceptors (Lipinski definition) is 6. The van der Waals surface area contributed by atoms with E-state index < -0.39 is 6.10 Å². The Balaban J connectivity index is 1.54. The van der Waals surface area contributed by atoms with Crippen molar-refractivity contribution in [3.05, 3.63) is 41.3 Å². The number of aryl methyl sites for hydroxylation is 2. The van der Waals surface area contributed by atoms with Gasteiger partial charge in [-0.05, 0) is 51.7 Å². The molecular formula is C21H29NO5. The van der Waals surface area contributed by atoms with Crippen LogP contribution in [0.1, 0.15) is 42.7 Å². The molecule has 1 fully saturated rings. The van der Waals surface area contributed by atoms with Gasteiger partial charge in [0, 0.05) is 5.56 Å². The molecule has 3 atom stereocenters. The van der Waals surface area contributed by atoms with Crippen molar-refractivity contribution in [2.75, 3.05) is 13.2 Å². The number of nitrogens with zero attached hydrogens (tertiary/aromatic N) is 1. The maximum Gasteiger partial charge on any atom is 0.226 e. The van der Waals surface area contributed by atoms with Gasteiger partial charge in [-0.25, -0.2) is 4.98 Å². The Morgan fingerprint density at radius 3 is 2.74 bits per heavy atom. The molecule has 1 aromatic heterocycles. The number of oxazole rings is 1. The number of aliphatic hydroxyl groups is 2. The Bertz CT molecular complexity index is 729. The summed E-state index contributed by atoms with van der Waals surface area (Å²) in [4.78, 5) is 4.61. The molecule has 1 heterocycles. The first-order valence-corrected chi connectivity index (χ1v) is 9.60. The SMILES string of the molecule is Cc1cccc(-c2nc(CO[C@H]3CCCC(OC[C@H](O)CO)C3)c(C)o2)c1. The average Bonchev–Trinajstić information content (AvgIpc) is 3.05. The van der Waals surface area contributed by atoms with Gasteiger partial charge in [-0.2, -0.15) is 0 Å². The number of aromatic nitrogens is 1. The molecule has 27 heavy (non-hydrogen) atoms. The predicted molar refractivity (Wildman–Crippen MR) is 101 cm³/mol. The second-order valence-electron chi connectivity index (χ2n) is 7.28. The molecule has 1 aliphatic rings. The van der Waals surface area contributed by atoms with Crippen molar-refractivity contribution < 1.29 is 24.1 Å². The minimum absolute atomic E-state index is 0.0613. The number of ether oxygens (including phenoxy) is 2. The smallest absolute Gasteiger partial charge is 0.226 e. The van der Waals surface area contributed by atoms with Crippen molar-refractivity contribution in [3.63, 3.8) is 0 Å². The Morgan fingerprint density at radius 1 is 1.22 bits per heavy atom. The summed E-state index contributed by atoms with van der Waals surface area (Å²) >= 11 is 0. The lowest BCUT2D eigenvalue weighted by molar-refractivity contribution is -0.0764. The van der Waals surface area contributed by atoms with Crippen LogP contribution >= 0.6 is 0 Å². The standard InChI is InChI=1S/C21H29NO5/c1-14-5-3-6-16(9-14)21-22-20(15(2)27-21)13-26-19-8-4-7-18(10-19)25-12-17(24)11-23/h3,5-6,9,17-19,23-24H,4,7-8,10-13H2,1-2H3/t17-,18?,19+/m1/s1. The second kappa shape index (κ2) is 9.46. The fraction of sp³-hybridized carbons (Fsp3) is 0.571. The van der Waals surface area contributed by atoms with Gasteiger partial charge in [-0.15, -0.1) is 0 Å². The summed E-state index contributed by atoms with van der Waals surface area (Å²) in [5, 5.41) is 18.3. The van der Waals surface area contributed by atoms with Gasteiger partial charge in [-0.1, -0.05) is 17.7 Å². The van der Waals surface area contributed by atoms with Crippen LogP contribution in [-0.4, -0.2) is 46.7 Å². The van der Waals surface area contributed by atoms with Crippen molar-refractivity contribution in [1.29, 1.82) is 0 Å². The van der Waals surface area contributed by atoms with E-state index in [1.165, 1.54) is 5.56 Å². The molecule has 0 saturated heterocycles. The third kappa shape index (κ3) is 5.62. The number of hydrogen-bond donors (Lipinski definition) is 2. The Kier molecular flexibility index (Phi) is 7.01. The van der Waals surface area contributed by atoms with E-state index in [0.717, 1.165) is 42.7 Å². The Morgan fingerprint density at radius 2 is 2.00 bits per heavy atom. The molecule has 0 spiro atoms. The van der Waals surface area contributed by atoms with Gasteiger partial charge in [0.15, 0.2) is 0 Å². The van der Waals surface area contributed by atoms with Crippen molar-refractivity contribution in [2.24, 2.45) is 0 Å². The zero-order valence-electron chi connectivity index (χ0n) is 16.1. The second-order valence-corrected chi connectivity index (χ2v) is 7.28. The monoisotopic (exact) mass is 375 g/mol. The van der Waals surface area contributed by atoms with Crippen molar-refractivity contribution in [3.8, 4) is 11.5 Å². The quantitative estimate of drug-likeness (QED) is 0.737. The minimum Gasteiger partial charge on any atom is -0.441 e. The van der Waals surface area contributed by atoms with Gasteiger partial charge in [0.1, 0.15) is 17.6 Å². The molecular weight excluding hydrogens is 346 g/mol. The van der Waals surface area contributed by atoms with Crippen LogP contribution in [0.15, 0.2) is 28.7 Å². The molecule has 1 aliphatic carbocycles. The van der Waals surface area contributed by atoms with Crippen LogP contribution in [0.4, 0.5) is 0 Å². The summed E-state index contributed by atoms with van der Waals surface area (Å²) < 4.78 is 17.6. The fourth-order valence-corrected chi connectivity index (χ4v) is 3.37. The van der Waals surface area contributed by atoms with Crippen LogP contribution in [0.3, 0.4) is 0 Å². The largest absolute Gasteiger partial charge is 0.441 e. The van der Waals surface area contributed by atoms with Gasteiger partial charge in [0.25, 0.3) is 0 Å². The molecule has 148 valence electrons. The predicted octanol–water partition coefficient (Wildman–Crippen LogP) is 3.16. The Labute approximate surface area is 160 Å². The molecule has 6 nitrogen and oxygen atoms in total. The summed E-state index contributed by atoms with van der Waals surface area (Å²) in [6.45, 7) is 4.26. The minimum atomic E-state index is -0.816. The molecule has 1 unspecified atom stereocenters. The molecule has 2 aromatic rings. The van der Waals surface area contributed by atoms with Gasteiger partial charge in [0.05, 0.1) is 32.0 Å². The van der Waals surface area contributed by atoms with Crippen LogP contribution in [0.5, 0.6) is 0 Å². The molecule has 1 saturated carbocycles. The van der Waals surface area contributed by atoms with Gasteiger partial charge < -0.3 is 24.1 Å². The molecule has 0 amide bonds. The van der Waals surface area contributed by atoms with Crippen molar-refractivity contribution in [1.82, 2.24) is 4.98 Å². The third-order valence-electron chi connectivity index (χ3n) is 4.93. The van der Waals surface area contributed by atoms with Crippen LogP contribution < -0.4 is 0 Å². The first-order valence-electron chi connectivity index (χ1n) is 9.60. The molecule has 2 N–H and O–H groups in total. The van der Waals surface area contributed by atoms with Crippen LogP contribution in [0, 0.1) is 13.8 Å². The highest BCUT2D eigenvalue weighted by Gasteiger charge is 2.24. The van der Waals surface area contributed by atoms with Crippen LogP contribution in [0.25, 0.3) is 11.5 Å². The van der Waals surface area contributed by atoms with E-state index >= 15 is 0 Å². The lowest BCUT2D eigenvalue weighted by Gasteiger charge is -2.29. The lowest BCUT2D eigenvalue weighted by Crippen LogP contribution is -2.31. The normalized spacial score (nSPS) is 21.3. The van der Waals surface area contributed by atoms with E-state index in [0.29, 0.717) is 12.5 Å². The fourth-order valence-electron chi connectivity index (χ4n) is 3.37. The van der Waals surface area contributed by atoms with Gasteiger partial charge in [0.2, 0.25) is 5.89 Å². The first-order chi connectivity index (χ1) is 13.0. The van der Waals surface area contributed by atoms with Gasteiger partial charge in [-0.3, -0.25) is 0 Å². The van der Waals surface area contributed by atoms with Gasteiger partial charge >= 0.3 is 0 Å². The average molecular weight is 375 g/mol. The van der Waals surface area contributed by atoms with E-state index in [-0.39, 0.29) is 25.4 Å². The summed E-state index contributed by atoms with van der Waals surface area (Å²) in [7, 11) is 0. The Hall–Kier alpha value is -1.73. The third-order valence-corrected chi connectivity index (χ3v) is 4.93. The maximum absolute atomic E-state index is 9.43. The van der Waals surface area contributed by atoms with E-state index in [4.69, 9.17) is 19.0 Å². The maximum atomic E-state index is 9.43. The topological polar surface area (TPSA) is 85.0 Å². The zero-order chi connectivity index (χ0) is 19.2. The van der Waals surface area contributed by atoms with E-state index in [2.05, 4.69) is 11.1 Å². The summed E-state index contributed by atoms with van der Waals surface area (Å²) in [5.74, 6) is 1.40. The molecule has 0 bridgehead atoms. The highest BCUT2D eigenvalue weighted by Crippen LogP contribution is 2.27. The van der Waals surface area contributed by atoms with E-state index in [9.17, 15) is 5.11 Å². The molecule has 3 rings (SSSR count). The summed E-state index contributed by atoms with van der Waals surface area (Å²) in [6.07, 6.45) is 3.11. The van der Waals surface area contributed by atoms with Crippen molar-refractivity contribution >= 4 is 0 Å². The highest BCUT2D eigenvalue weighted by atomic mass is 16.5. The van der Waals surface area contributed by atoms with E-state index in [1.807, 2.05) is 32.0 Å². The van der Waals surface area contributed by atoms with Crippen molar-refractivity contribution in [2.45, 2.75) is 64.4 Å². The molecule has 0 radical (unpaired) electrons. The molecule has 1 aromatic carbocycles. The number of rotatable bonds is 8. The van der Waals surface area contributed by atoms with E-state index in [1.54, 1.807) is 0 Å². The number of aliphatic hydroxyl groups excluding tert-OH is 2.